The van der Waals surface area contributed by atoms with E-state index in [1.54, 1.807) is 42.7 Å². The Morgan fingerprint density at radius 2 is 1.02 bits per heavy atom. The summed E-state index contributed by atoms with van der Waals surface area (Å²) in [5.74, 6) is -5.76. The summed E-state index contributed by atoms with van der Waals surface area (Å²) in [7, 11) is 10.9. The van der Waals surface area contributed by atoms with Crippen molar-refractivity contribution in [3.8, 4) is 0 Å². The van der Waals surface area contributed by atoms with Crippen LogP contribution in [0.3, 0.4) is 0 Å². The van der Waals surface area contributed by atoms with Gasteiger partial charge >= 0.3 is 53.4 Å². The molecule has 1 saturated heterocycles. The van der Waals surface area contributed by atoms with Crippen LogP contribution in [-0.4, -0.2) is 191 Å². The van der Waals surface area contributed by atoms with Gasteiger partial charge in [-0.15, -0.1) is 0 Å². The maximum atomic E-state index is 15.9. The lowest BCUT2D eigenvalue weighted by Crippen LogP contribution is -2.55. The van der Waals surface area contributed by atoms with Crippen molar-refractivity contribution >= 4 is 76.5 Å². The molecule has 500 valence electrons. The van der Waals surface area contributed by atoms with E-state index in [2.05, 4.69) is 19.2 Å². The fourth-order valence-electron chi connectivity index (χ4n) is 14.8. The van der Waals surface area contributed by atoms with E-state index in [9.17, 15) is 28.8 Å². The lowest BCUT2D eigenvalue weighted by Gasteiger charge is -2.48. The van der Waals surface area contributed by atoms with Gasteiger partial charge in [0.05, 0.1) is 67.1 Å². The Morgan fingerprint density at radius 3 is 1.49 bits per heavy atom. The quantitative estimate of drug-likeness (QED) is 0.0383. The molecule has 0 aromatic rings. The van der Waals surface area contributed by atoms with Crippen LogP contribution in [0.15, 0.2) is 49.3 Å². The molecular formula is C63H101N5O19Si2. The van der Waals surface area contributed by atoms with Gasteiger partial charge < -0.3 is 65.2 Å². The van der Waals surface area contributed by atoms with Crippen LogP contribution in [0.1, 0.15) is 139 Å². The van der Waals surface area contributed by atoms with Gasteiger partial charge in [0.2, 0.25) is 5.91 Å². The third-order valence-corrected chi connectivity index (χ3v) is 26.3. The third kappa shape index (κ3) is 15.2. The second-order valence-electron chi connectivity index (χ2n) is 25.3. The van der Waals surface area contributed by atoms with Crippen LogP contribution in [0.5, 0.6) is 0 Å². The minimum Gasteiger partial charge on any atom is -0.469 e. The van der Waals surface area contributed by atoms with Crippen molar-refractivity contribution in [2.75, 3.05) is 98.4 Å². The van der Waals surface area contributed by atoms with Gasteiger partial charge in [0.25, 0.3) is 0 Å². The van der Waals surface area contributed by atoms with E-state index in [0.717, 1.165) is 0 Å². The number of nitrogens with one attached hydrogen (secondary N) is 1. The van der Waals surface area contributed by atoms with Crippen LogP contribution in [-0.2, 0) is 88.5 Å². The highest BCUT2D eigenvalue weighted by Crippen LogP contribution is 2.63. The minimum absolute atomic E-state index is 0.0365. The standard InChI is InChI=1S/C63H101N5O19Si2/c1-39-54-42(24-27-49(71)77-10)59(3,4)46(65-54)36-45-41(23-26-48(70)76-9)61(6,37-47(69)68(31-21-33-88(82-15,83-16)84-17)32-22-34-89(85-18,86-19)87-20)57(64-45)40(2)55-43(25-28-50(72)78-11)62(7,38-53(75)81-14)63(8,67-55)58-44(35-52(74)80-13)60(5,56(39)66-58)30-29-51(73)79-12/h36,41-44,58,64H,21-35,37-38H2,1-20H3/b45-36-,54-39-,57-40-/t41-,42-,43-,44+,58-,60-,61+,62+,63+/m1/s1. The second-order valence-corrected chi connectivity index (χ2v) is 31.5. The highest BCUT2D eigenvalue weighted by molar-refractivity contribution is 6.60. The number of carbonyl (C=O) groups excluding carboxylic acids is 7. The third-order valence-electron chi connectivity index (χ3n) is 20.7. The molecule has 5 heterocycles. The number of fused-ring (bicyclic) bond motifs is 6. The number of carbonyl (C=O) groups is 7. The van der Waals surface area contributed by atoms with Gasteiger partial charge in [0.15, 0.2) is 0 Å². The molecule has 0 spiro atoms. The summed E-state index contributed by atoms with van der Waals surface area (Å²) in [4.78, 5) is 117. The Hall–Kier alpha value is -5.49. The van der Waals surface area contributed by atoms with Crippen molar-refractivity contribution in [3.05, 3.63) is 34.3 Å². The number of hydrogen-bond donors (Lipinski definition) is 1. The predicted molar refractivity (Wildman–Crippen MR) is 335 cm³/mol. The Kier molecular flexibility index (Phi) is 25.7. The SMILES string of the molecule is COC(=O)CC[C@@H]1/C2=C(\C)C3=N[C@H]([C@H](CC(=O)OC)[C@@]3(C)CCC(=O)OC)[C@]3(C)N=C(/C(C)=C4\N/C(=C\C(=N2)C1(C)C)[C@@H](CCC(=O)OC)[C@]4(C)CC(=O)N(CCC[Si](OC)(OC)OC)CCC[Si](OC)(OC)OC)[C@@H](CCC(=O)OC)[C@]3(C)CC(=O)OC. The lowest BCUT2D eigenvalue weighted by atomic mass is 9.55. The summed E-state index contributed by atoms with van der Waals surface area (Å²) in [6.45, 7) is 16.4. The van der Waals surface area contributed by atoms with Gasteiger partial charge in [-0.05, 0) is 76.5 Å². The van der Waals surface area contributed by atoms with Crippen LogP contribution in [0.2, 0.25) is 12.1 Å². The molecule has 9 atom stereocenters. The largest absolute Gasteiger partial charge is 0.500 e. The Labute approximate surface area is 528 Å². The van der Waals surface area contributed by atoms with E-state index in [0.29, 0.717) is 76.7 Å². The minimum atomic E-state index is -3.11. The summed E-state index contributed by atoms with van der Waals surface area (Å²) < 4.78 is 66.9. The van der Waals surface area contributed by atoms with Crippen LogP contribution < -0.4 is 5.32 Å². The number of allylic oxidation sites excluding steroid dienone is 6. The molecule has 0 saturated carbocycles. The first-order valence-electron chi connectivity index (χ1n) is 30.6. The van der Waals surface area contributed by atoms with E-state index in [4.69, 9.17) is 70.0 Å². The zero-order valence-corrected chi connectivity index (χ0v) is 58.5. The monoisotopic (exact) mass is 1290 g/mol. The number of nitrogens with zero attached hydrogens (tertiary/aromatic N) is 4. The number of esters is 6. The molecule has 89 heavy (non-hydrogen) atoms. The fraction of sp³-hybridized carbons (Fsp3) is 0.746. The van der Waals surface area contributed by atoms with E-state index >= 15 is 4.79 Å². The number of ether oxygens (including phenoxy) is 6. The molecule has 0 radical (unpaired) electrons. The number of hydrogen-bond acceptors (Lipinski definition) is 23. The van der Waals surface area contributed by atoms with Gasteiger partial charge in [-0.2, -0.15) is 0 Å². The second kappa shape index (κ2) is 30.8. The summed E-state index contributed by atoms with van der Waals surface area (Å²) in [6, 6.07) is -0.150. The Morgan fingerprint density at radius 1 is 0.562 bits per heavy atom. The molecular weight excluding hydrogens is 1190 g/mol. The molecule has 1 N–H and O–H groups in total. The van der Waals surface area contributed by atoms with Crippen molar-refractivity contribution in [2.24, 2.45) is 60.3 Å². The number of rotatable bonds is 32. The topological polar surface area (TPSA) is 283 Å². The normalized spacial score (nSPS) is 29.3. The summed E-state index contributed by atoms with van der Waals surface area (Å²) in [6.07, 6.45) is 2.98. The van der Waals surface area contributed by atoms with Crippen molar-refractivity contribution in [3.63, 3.8) is 0 Å². The molecule has 5 aliphatic heterocycles. The summed E-state index contributed by atoms with van der Waals surface area (Å²) in [5.41, 5.74) is -1.02. The van der Waals surface area contributed by atoms with Crippen molar-refractivity contribution in [2.45, 2.75) is 163 Å². The van der Waals surface area contributed by atoms with Gasteiger partial charge in [-0.3, -0.25) is 48.5 Å². The van der Waals surface area contributed by atoms with E-state index < -0.39 is 110 Å². The predicted octanol–water partition coefficient (Wildman–Crippen LogP) is 7.73. The molecule has 1 amide bonds. The van der Waals surface area contributed by atoms with Crippen LogP contribution in [0, 0.1) is 45.3 Å². The molecule has 5 aliphatic rings. The number of methoxy groups -OCH3 is 6. The van der Waals surface area contributed by atoms with Crippen molar-refractivity contribution in [1.29, 1.82) is 0 Å². The Bertz CT molecular complexity index is 2780. The van der Waals surface area contributed by atoms with Gasteiger partial charge in [0.1, 0.15) is 0 Å². The van der Waals surface area contributed by atoms with E-state index in [1.165, 1.54) is 42.7 Å². The zero-order chi connectivity index (χ0) is 66.7. The molecule has 24 nitrogen and oxygen atoms in total. The van der Waals surface area contributed by atoms with Crippen LogP contribution >= 0.6 is 0 Å². The average Bonchev–Trinajstić information content (AvgIpc) is 1.56. The average molecular weight is 1290 g/mol. The molecule has 26 heteroatoms. The molecule has 0 aromatic heterocycles. The highest BCUT2D eigenvalue weighted by atomic mass is 28.4. The van der Waals surface area contributed by atoms with Gasteiger partial charge in [-0.25, -0.2) is 0 Å². The maximum Gasteiger partial charge on any atom is 0.500 e. The molecule has 5 rings (SSSR count). The van der Waals surface area contributed by atoms with Gasteiger partial charge in [-0.1, -0.05) is 34.6 Å². The molecule has 0 aromatic carbocycles. The van der Waals surface area contributed by atoms with Crippen LogP contribution in [0.4, 0.5) is 0 Å². The van der Waals surface area contributed by atoms with Crippen molar-refractivity contribution < 1.29 is 88.5 Å². The van der Waals surface area contributed by atoms with Gasteiger partial charge in [0, 0.05) is 179 Å². The lowest BCUT2D eigenvalue weighted by molar-refractivity contribution is -0.147. The molecule has 8 bridgehead atoms. The first-order chi connectivity index (χ1) is 41.9. The fourth-order valence-corrected chi connectivity index (χ4v) is 18.2. The highest BCUT2D eigenvalue weighted by Gasteiger charge is 2.67. The smallest absolute Gasteiger partial charge is 0.469 e. The summed E-state index contributed by atoms with van der Waals surface area (Å²) >= 11 is 0. The number of amides is 1. The van der Waals surface area contributed by atoms with E-state index in [-0.39, 0.29) is 83.2 Å². The first kappa shape index (κ1) is 74.2. The van der Waals surface area contributed by atoms with E-state index in [1.807, 2.05) is 52.5 Å². The molecule has 1 fully saturated rings. The van der Waals surface area contributed by atoms with Crippen molar-refractivity contribution in [1.82, 2.24) is 10.2 Å². The molecule has 0 unspecified atom stereocenters. The number of aliphatic imine (C=N–C) groups is 3. The maximum absolute atomic E-state index is 15.9. The molecule has 0 aliphatic carbocycles. The van der Waals surface area contributed by atoms with Crippen LogP contribution in [0.25, 0.3) is 0 Å². The first-order valence-corrected chi connectivity index (χ1v) is 34.5. The summed E-state index contributed by atoms with van der Waals surface area (Å²) in [5, 5.41) is 3.87. The Balaban J connectivity index is 2.01. The zero-order valence-electron chi connectivity index (χ0n) is 56.5.